The monoisotopic (exact) mass is 288 g/mol. The smallest absolute Gasteiger partial charge is 0.330 e. The Labute approximate surface area is 122 Å². The molecule has 1 fully saturated rings. The molecule has 0 atom stereocenters. The van der Waals surface area contributed by atoms with Gasteiger partial charge in [-0.05, 0) is 30.7 Å². The van der Waals surface area contributed by atoms with Crippen molar-refractivity contribution in [3.05, 3.63) is 35.9 Å². The standard InChI is InChI=1S/C15H16N2O4/c1-2-21-14(19)8-5-11-3-6-12(7-4-11)17-10-9-13(18)16-15(17)20/h3-8H,2,9-10H2,1H3,(H,16,18,20). The van der Waals surface area contributed by atoms with Gasteiger partial charge in [-0.3, -0.25) is 15.0 Å². The van der Waals surface area contributed by atoms with Crippen LogP contribution in [0.1, 0.15) is 18.9 Å². The van der Waals surface area contributed by atoms with Crippen LogP contribution < -0.4 is 10.2 Å². The van der Waals surface area contributed by atoms with Crippen molar-refractivity contribution < 1.29 is 19.1 Å². The van der Waals surface area contributed by atoms with Crippen LogP contribution in [0.5, 0.6) is 0 Å². The van der Waals surface area contributed by atoms with Crippen molar-refractivity contribution in [1.29, 1.82) is 0 Å². The second-order valence-corrected chi connectivity index (χ2v) is 4.43. The highest BCUT2D eigenvalue weighted by Crippen LogP contribution is 2.18. The first-order valence-electron chi connectivity index (χ1n) is 6.66. The summed E-state index contributed by atoms with van der Waals surface area (Å²) >= 11 is 0. The Balaban J connectivity index is 2.03. The van der Waals surface area contributed by atoms with Crippen LogP contribution in [0.15, 0.2) is 30.3 Å². The van der Waals surface area contributed by atoms with Crippen LogP contribution in [0.3, 0.4) is 0 Å². The van der Waals surface area contributed by atoms with Gasteiger partial charge in [-0.25, -0.2) is 9.59 Å². The van der Waals surface area contributed by atoms with E-state index in [1.807, 2.05) is 0 Å². The van der Waals surface area contributed by atoms with Gasteiger partial charge in [-0.2, -0.15) is 0 Å². The van der Waals surface area contributed by atoms with Crippen molar-refractivity contribution >= 4 is 29.7 Å². The Hall–Kier alpha value is -2.63. The fourth-order valence-corrected chi connectivity index (χ4v) is 1.93. The summed E-state index contributed by atoms with van der Waals surface area (Å²) in [7, 11) is 0. The van der Waals surface area contributed by atoms with Crippen molar-refractivity contribution in [2.45, 2.75) is 13.3 Å². The largest absolute Gasteiger partial charge is 0.463 e. The van der Waals surface area contributed by atoms with Crippen LogP contribution in [-0.2, 0) is 14.3 Å². The molecule has 0 aliphatic carbocycles. The molecule has 0 unspecified atom stereocenters. The molecule has 6 heteroatoms. The minimum Gasteiger partial charge on any atom is -0.463 e. The Morgan fingerprint density at radius 1 is 1.33 bits per heavy atom. The van der Waals surface area contributed by atoms with E-state index in [1.165, 1.54) is 11.0 Å². The molecular formula is C15H16N2O4. The highest BCUT2D eigenvalue weighted by Gasteiger charge is 2.23. The lowest BCUT2D eigenvalue weighted by Gasteiger charge is -2.26. The van der Waals surface area contributed by atoms with E-state index in [-0.39, 0.29) is 12.3 Å². The summed E-state index contributed by atoms with van der Waals surface area (Å²) in [5.41, 5.74) is 1.52. The molecule has 110 valence electrons. The average molecular weight is 288 g/mol. The van der Waals surface area contributed by atoms with Crippen LogP contribution in [0.25, 0.3) is 6.08 Å². The second kappa shape index (κ2) is 6.69. The molecule has 1 saturated heterocycles. The fraction of sp³-hybridized carbons (Fsp3) is 0.267. The number of esters is 1. The summed E-state index contributed by atoms with van der Waals surface area (Å²) in [5, 5.41) is 2.27. The molecule has 0 saturated carbocycles. The number of ether oxygens (including phenoxy) is 1. The first-order valence-corrected chi connectivity index (χ1v) is 6.66. The van der Waals surface area contributed by atoms with Gasteiger partial charge in [0.1, 0.15) is 0 Å². The number of nitrogens with zero attached hydrogens (tertiary/aromatic N) is 1. The van der Waals surface area contributed by atoms with Crippen LogP contribution in [0.2, 0.25) is 0 Å². The number of anilines is 1. The topological polar surface area (TPSA) is 75.7 Å². The molecular weight excluding hydrogens is 272 g/mol. The highest BCUT2D eigenvalue weighted by molar-refractivity contribution is 6.05. The minimum atomic E-state index is -0.416. The van der Waals surface area contributed by atoms with E-state index in [2.05, 4.69) is 5.32 Å². The normalized spacial score (nSPS) is 15.2. The van der Waals surface area contributed by atoms with Crippen molar-refractivity contribution in [3.8, 4) is 0 Å². The third-order valence-corrected chi connectivity index (χ3v) is 2.96. The van der Waals surface area contributed by atoms with E-state index in [0.29, 0.717) is 18.8 Å². The van der Waals surface area contributed by atoms with Crippen LogP contribution in [0.4, 0.5) is 10.5 Å². The fourth-order valence-electron chi connectivity index (χ4n) is 1.93. The molecule has 2 rings (SSSR count). The zero-order chi connectivity index (χ0) is 15.2. The van der Waals surface area contributed by atoms with Crippen molar-refractivity contribution in [2.75, 3.05) is 18.1 Å². The lowest BCUT2D eigenvalue weighted by atomic mass is 10.1. The van der Waals surface area contributed by atoms with Gasteiger partial charge in [-0.1, -0.05) is 12.1 Å². The Kier molecular flexibility index (Phi) is 4.71. The predicted octanol–water partition coefficient (Wildman–Crippen LogP) is 1.71. The first-order chi connectivity index (χ1) is 10.1. The van der Waals surface area contributed by atoms with Gasteiger partial charge < -0.3 is 4.74 Å². The maximum atomic E-state index is 11.7. The second-order valence-electron chi connectivity index (χ2n) is 4.43. The van der Waals surface area contributed by atoms with Gasteiger partial charge >= 0.3 is 12.0 Å². The molecule has 1 aliphatic heterocycles. The maximum absolute atomic E-state index is 11.7. The summed E-state index contributed by atoms with van der Waals surface area (Å²) in [6.07, 6.45) is 3.28. The molecule has 6 nitrogen and oxygen atoms in total. The van der Waals surface area contributed by atoms with Gasteiger partial charge in [0.2, 0.25) is 5.91 Å². The van der Waals surface area contributed by atoms with Crippen LogP contribution >= 0.6 is 0 Å². The number of urea groups is 1. The molecule has 1 aromatic carbocycles. The van der Waals surface area contributed by atoms with E-state index >= 15 is 0 Å². The van der Waals surface area contributed by atoms with Gasteiger partial charge in [0.25, 0.3) is 0 Å². The highest BCUT2D eigenvalue weighted by atomic mass is 16.5. The molecule has 1 heterocycles. The van der Waals surface area contributed by atoms with E-state index in [4.69, 9.17) is 4.74 Å². The van der Waals surface area contributed by atoms with Crippen LogP contribution in [0, 0.1) is 0 Å². The van der Waals surface area contributed by atoms with E-state index < -0.39 is 12.0 Å². The van der Waals surface area contributed by atoms with Crippen molar-refractivity contribution in [3.63, 3.8) is 0 Å². The number of hydrogen-bond acceptors (Lipinski definition) is 4. The lowest BCUT2D eigenvalue weighted by Crippen LogP contribution is -2.49. The lowest BCUT2D eigenvalue weighted by molar-refractivity contribution is -0.137. The van der Waals surface area contributed by atoms with Crippen molar-refractivity contribution in [2.24, 2.45) is 0 Å². The molecule has 1 aliphatic rings. The van der Waals surface area contributed by atoms with Crippen molar-refractivity contribution in [1.82, 2.24) is 5.32 Å². The molecule has 3 amide bonds. The Bertz CT molecular complexity index is 578. The molecule has 0 spiro atoms. The molecule has 21 heavy (non-hydrogen) atoms. The number of carbonyl (C=O) groups excluding carboxylic acids is 3. The summed E-state index contributed by atoms with van der Waals surface area (Å²) < 4.78 is 4.79. The molecule has 0 bridgehead atoms. The molecule has 1 N–H and O–H groups in total. The Morgan fingerprint density at radius 3 is 2.67 bits per heavy atom. The number of rotatable bonds is 4. The number of nitrogens with one attached hydrogen (secondary N) is 1. The summed E-state index contributed by atoms with van der Waals surface area (Å²) in [6.45, 7) is 2.45. The van der Waals surface area contributed by atoms with Gasteiger partial charge in [0.05, 0.1) is 6.61 Å². The predicted molar refractivity (Wildman–Crippen MR) is 77.6 cm³/mol. The number of carbonyl (C=O) groups is 3. The maximum Gasteiger partial charge on any atom is 0.330 e. The SMILES string of the molecule is CCOC(=O)C=Cc1ccc(N2CCC(=O)NC2=O)cc1. The van der Waals surface area contributed by atoms with E-state index in [9.17, 15) is 14.4 Å². The quantitative estimate of drug-likeness (QED) is 0.676. The zero-order valence-corrected chi connectivity index (χ0v) is 11.7. The number of amides is 3. The Morgan fingerprint density at radius 2 is 2.05 bits per heavy atom. The minimum absolute atomic E-state index is 0.259. The van der Waals surface area contributed by atoms with Gasteiger partial charge in [-0.15, -0.1) is 0 Å². The van der Waals surface area contributed by atoms with E-state index in [1.54, 1.807) is 37.3 Å². The number of benzene rings is 1. The molecule has 0 radical (unpaired) electrons. The number of imide groups is 1. The zero-order valence-electron chi connectivity index (χ0n) is 11.7. The first kappa shape index (κ1) is 14.8. The third kappa shape index (κ3) is 3.92. The van der Waals surface area contributed by atoms with E-state index in [0.717, 1.165) is 5.56 Å². The van der Waals surface area contributed by atoms with Gasteiger partial charge in [0, 0.05) is 24.7 Å². The summed E-state index contributed by atoms with van der Waals surface area (Å²) in [4.78, 5) is 35.5. The van der Waals surface area contributed by atoms with Gasteiger partial charge in [0.15, 0.2) is 0 Å². The average Bonchev–Trinajstić information content (AvgIpc) is 2.46. The molecule has 1 aromatic rings. The number of hydrogen-bond donors (Lipinski definition) is 1. The van der Waals surface area contributed by atoms with Crippen LogP contribution in [-0.4, -0.2) is 31.1 Å². The summed E-state index contributed by atoms with van der Waals surface area (Å²) in [5.74, 6) is -0.652. The summed E-state index contributed by atoms with van der Waals surface area (Å²) in [6, 6.07) is 6.69. The third-order valence-electron chi connectivity index (χ3n) is 2.96. The molecule has 0 aromatic heterocycles.